The molecule has 0 amide bonds. The van der Waals surface area contributed by atoms with Crippen LogP contribution < -0.4 is 4.90 Å². The van der Waals surface area contributed by atoms with E-state index in [1.165, 1.54) is 0 Å². The highest BCUT2D eigenvalue weighted by Gasteiger charge is 2.28. The fourth-order valence-corrected chi connectivity index (χ4v) is 4.17. The number of hydrogen-bond donors (Lipinski definition) is 1. The van der Waals surface area contributed by atoms with E-state index in [1.807, 2.05) is 11.0 Å². The summed E-state index contributed by atoms with van der Waals surface area (Å²) in [6.45, 7) is 1.94. The number of nitrogens with zero attached hydrogens (tertiary/aromatic N) is 2. The molecule has 0 spiro atoms. The Morgan fingerprint density at radius 1 is 1.31 bits per heavy atom. The summed E-state index contributed by atoms with van der Waals surface area (Å²) < 4.78 is 33.6. The van der Waals surface area contributed by atoms with Crippen LogP contribution in [0, 0.1) is 23.0 Å². The fraction of sp³-hybridized carbons (Fsp3) is 0.294. The number of morpholine rings is 1. The van der Waals surface area contributed by atoms with Crippen LogP contribution in [0.4, 0.5) is 13.8 Å². The van der Waals surface area contributed by atoms with Crippen molar-refractivity contribution in [1.29, 1.82) is 5.26 Å². The topological polar surface area (TPSA) is 73.6 Å². The van der Waals surface area contributed by atoms with Crippen LogP contribution in [0.3, 0.4) is 0 Å². The lowest BCUT2D eigenvalue weighted by atomic mass is 10.0. The summed E-state index contributed by atoms with van der Waals surface area (Å²) in [6, 6.07) is 3.92. The number of anilines is 1. The first kappa shape index (κ1) is 18.6. The van der Waals surface area contributed by atoms with Crippen LogP contribution in [-0.4, -0.2) is 37.4 Å². The Balaban J connectivity index is 2.10. The SMILES string of the molecule is N#Cc1c(N2CCOCC2)sc(C(=O)O)c1Cc1c(F)cc(Cl)cc1F. The number of rotatable bonds is 4. The van der Waals surface area contributed by atoms with E-state index in [-0.39, 0.29) is 33.0 Å². The number of thiophene rings is 1. The molecule has 0 unspecified atom stereocenters. The van der Waals surface area contributed by atoms with Gasteiger partial charge in [0.05, 0.1) is 18.8 Å². The van der Waals surface area contributed by atoms with Gasteiger partial charge >= 0.3 is 5.97 Å². The Labute approximate surface area is 157 Å². The van der Waals surface area contributed by atoms with Crippen LogP contribution in [0.5, 0.6) is 0 Å². The van der Waals surface area contributed by atoms with Crippen molar-refractivity contribution in [1.82, 2.24) is 0 Å². The monoisotopic (exact) mass is 398 g/mol. The number of ether oxygens (including phenoxy) is 1. The molecule has 0 atom stereocenters. The first-order valence-electron chi connectivity index (χ1n) is 7.67. The molecule has 2 heterocycles. The lowest BCUT2D eigenvalue weighted by Gasteiger charge is -2.27. The maximum absolute atomic E-state index is 14.1. The van der Waals surface area contributed by atoms with Crippen molar-refractivity contribution in [3.8, 4) is 6.07 Å². The van der Waals surface area contributed by atoms with Gasteiger partial charge in [-0.3, -0.25) is 0 Å². The molecule has 1 saturated heterocycles. The molecule has 0 radical (unpaired) electrons. The third kappa shape index (κ3) is 3.51. The van der Waals surface area contributed by atoms with Gasteiger partial charge in [-0.1, -0.05) is 11.6 Å². The van der Waals surface area contributed by atoms with Crippen molar-refractivity contribution < 1.29 is 23.4 Å². The summed E-state index contributed by atoms with van der Waals surface area (Å²) in [7, 11) is 0. The molecule has 1 aliphatic heterocycles. The van der Waals surface area contributed by atoms with Gasteiger partial charge < -0.3 is 14.7 Å². The summed E-state index contributed by atoms with van der Waals surface area (Å²) in [5.41, 5.74) is -0.0885. The van der Waals surface area contributed by atoms with Crippen molar-refractivity contribution in [3.05, 3.63) is 50.4 Å². The molecule has 0 bridgehead atoms. The van der Waals surface area contributed by atoms with Crippen molar-refractivity contribution >= 4 is 33.9 Å². The number of carboxylic acids is 1. The number of nitriles is 1. The van der Waals surface area contributed by atoms with Crippen molar-refractivity contribution in [2.75, 3.05) is 31.2 Å². The highest BCUT2D eigenvalue weighted by Crippen LogP contribution is 2.38. The van der Waals surface area contributed by atoms with Gasteiger partial charge in [-0.05, 0) is 12.1 Å². The van der Waals surface area contributed by atoms with Gasteiger partial charge in [-0.25, -0.2) is 13.6 Å². The molecule has 9 heteroatoms. The molecular formula is C17H13ClF2N2O3S. The summed E-state index contributed by atoms with van der Waals surface area (Å²) in [5.74, 6) is -3.00. The zero-order valence-electron chi connectivity index (χ0n) is 13.4. The number of aromatic carboxylic acids is 1. The van der Waals surface area contributed by atoms with Gasteiger partial charge in [0.2, 0.25) is 0 Å². The molecule has 0 saturated carbocycles. The van der Waals surface area contributed by atoms with E-state index in [4.69, 9.17) is 16.3 Å². The van der Waals surface area contributed by atoms with Crippen LogP contribution in [0.25, 0.3) is 0 Å². The number of carbonyl (C=O) groups is 1. The van der Waals surface area contributed by atoms with E-state index in [1.54, 1.807) is 0 Å². The highest BCUT2D eigenvalue weighted by molar-refractivity contribution is 7.18. The molecule has 136 valence electrons. The van der Waals surface area contributed by atoms with E-state index in [0.717, 1.165) is 23.5 Å². The lowest BCUT2D eigenvalue weighted by Crippen LogP contribution is -2.36. The Morgan fingerprint density at radius 2 is 1.92 bits per heavy atom. The van der Waals surface area contributed by atoms with Crippen molar-refractivity contribution in [2.24, 2.45) is 0 Å². The van der Waals surface area contributed by atoms with Gasteiger partial charge in [-0.2, -0.15) is 5.26 Å². The predicted molar refractivity (Wildman–Crippen MR) is 93.2 cm³/mol. The minimum atomic E-state index is -1.24. The Morgan fingerprint density at radius 3 is 2.46 bits per heavy atom. The van der Waals surface area contributed by atoms with Gasteiger partial charge in [0.1, 0.15) is 27.6 Å². The number of benzene rings is 1. The van der Waals surface area contributed by atoms with Crippen LogP contribution in [0.2, 0.25) is 5.02 Å². The minimum absolute atomic E-state index is 0.0953. The zero-order valence-corrected chi connectivity index (χ0v) is 15.0. The average molecular weight is 399 g/mol. The first-order valence-corrected chi connectivity index (χ1v) is 8.87. The van der Waals surface area contributed by atoms with E-state index in [9.17, 15) is 23.9 Å². The van der Waals surface area contributed by atoms with Gasteiger partial charge in [0.15, 0.2) is 0 Å². The van der Waals surface area contributed by atoms with Crippen LogP contribution in [0.15, 0.2) is 12.1 Å². The summed E-state index contributed by atoms with van der Waals surface area (Å²) in [6.07, 6.45) is -0.347. The van der Waals surface area contributed by atoms with Crippen LogP contribution in [-0.2, 0) is 11.2 Å². The molecule has 5 nitrogen and oxygen atoms in total. The minimum Gasteiger partial charge on any atom is -0.477 e. The van der Waals surface area contributed by atoms with Crippen LogP contribution in [0.1, 0.15) is 26.4 Å². The quantitative estimate of drug-likeness (QED) is 0.850. The van der Waals surface area contributed by atoms with Crippen molar-refractivity contribution in [2.45, 2.75) is 6.42 Å². The molecule has 1 fully saturated rings. The molecule has 1 aromatic carbocycles. The molecular weight excluding hydrogens is 386 g/mol. The number of carboxylic acid groups (broad SMARTS) is 1. The highest BCUT2D eigenvalue weighted by atomic mass is 35.5. The van der Waals surface area contributed by atoms with E-state index >= 15 is 0 Å². The Kier molecular flexibility index (Phi) is 5.41. The smallest absolute Gasteiger partial charge is 0.346 e. The molecule has 1 N–H and O–H groups in total. The maximum atomic E-state index is 14.1. The molecule has 2 aromatic rings. The second kappa shape index (κ2) is 7.58. The van der Waals surface area contributed by atoms with Gasteiger partial charge in [0, 0.05) is 35.7 Å². The first-order chi connectivity index (χ1) is 12.4. The average Bonchev–Trinajstić information content (AvgIpc) is 2.97. The van der Waals surface area contributed by atoms with E-state index in [0.29, 0.717) is 31.3 Å². The summed E-state index contributed by atoms with van der Waals surface area (Å²) in [5, 5.41) is 19.5. The van der Waals surface area contributed by atoms with Crippen molar-refractivity contribution in [3.63, 3.8) is 0 Å². The van der Waals surface area contributed by atoms with Crippen LogP contribution >= 0.6 is 22.9 Å². The largest absolute Gasteiger partial charge is 0.477 e. The number of halogens is 3. The van der Waals surface area contributed by atoms with Gasteiger partial charge in [0.25, 0.3) is 0 Å². The summed E-state index contributed by atoms with van der Waals surface area (Å²) in [4.78, 5) is 13.4. The maximum Gasteiger partial charge on any atom is 0.346 e. The fourth-order valence-electron chi connectivity index (χ4n) is 2.82. The predicted octanol–water partition coefficient (Wildman–Crippen LogP) is 3.68. The standard InChI is InChI=1S/C17H13ClF2N2O3S/c18-9-5-13(19)11(14(20)6-9)7-10-12(8-21)16(26-15(10)17(23)24)22-1-3-25-4-2-22/h5-6H,1-4,7H2,(H,23,24). The second-order valence-electron chi connectivity index (χ2n) is 5.63. The molecule has 0 aliphatic carbocycles. The third-order valence-electron chi connectivity index (χ3n) is 4.05. The second-order valence-corrected chi connectivity index (χ2v) is 7.07. The normalized spacial score (nSPS) is 14.3. The number of hydrogen-bond acceptors (Lipinski definition) is 5. The molecule has 26 heavy (non-hydrogen) atoms. The van der Waals surface area contributed by atoms with E-state index in [2.05, 4.69) is 0 Å². The molecule has 1 aliphatic rings. The van der Waals surface area contributed by atoms with Gasteiger partial charge in [-0.15, -0.1) is 11.3 Å². The third-order valence-corrected chi connectivity index (χ3v) is 5.55. The lowest BCUT2D eigenvalue weighted by molar-refractivity contribution is 0.0701. The summed E-state index contributed by atoms with van der Waals surface area (Å²) >= 11 is 6.57. The van der Waals surface area contributed by atoms with E-state index < -0.39 is 17.6 Å². The Hall–Kier alpha value is -2.21. The zero-order chi connectivity index (χ0) is 18.8. The Bertz CT molecular complexity index is 881. The molecule has 1 aromatic heterocycles. The molecule has 3 rings (SSSR count).